The molecule has 0 aliphatic rings. The van der Waals surface area contributed by atoms with Crippen LogP contribution in [0, 0.1) is 11.3 Å². The smallest absolute Gasteiger partial charge is 0.119 e. The maximum atomic E-state index is 9.19. The predicted octanol–water partition coefficient (Wildman–Crippen LogP) is 3.63. The molecule has 0 saturated heterocycles. The summed E-state index contributed by atoms with van der Waals surface area (Å²) >= 11 is 0. The van der Waals surface area contributed by atoms with Gasteiger partial charge in [-0.05, 0) is 42.8 Å². The van der Waals surface area contributed by atoms with Gasteiger partial charge in [0, 0.05) is 5.56 Å². The number of ether oxygens (including phenoxy) is 2. The van der Waals surface area contributed by atoms with Gasteiger partial charge in [0.1, 0.15) is 11.5 Å². The van der Waals surface area contributed by atoms with Crippen molar-refractivity contribution in [1.82, 2.24) is 0 Å². The molecule has 2 aromatic carbocycles. The number of hydrogen-bond donors (Lipinski definition) is 0. The second-order valence-electron chi connectivity index (χ2n) is 3.98. The molecular weight excluding hydrogens is 238 g/mol. The first kappa shape index (κ1) is 13.0. The number of nitrogens with zero attached hydrogens (tertiary/aromatic N) is 1. The SMILES string of the molecule is CCOc1cccc(-c2cc(OC)ccc2C#N)c1. The fourth-order valence-corrected chi connectivity index (χ4v) is 1.91. The molecule has 0 bridgehead atoms. The standard InChI is InChI=1S/C16H15NO2/c1-3-19-15-6-4-5-12(9-15)16-10-14(18-2)8-7-13(16)11-17/h4-10H,3H2,1-2H3. The molecule has 0 amide bonds. The van der Waals surface area contributed by atoms with Crippen LogP contribution in [0.3, 0.4) is 0 Å². The highest BCUT2D eigenvalue weighted by atomic mass is 16.5. The van der Waals surface area contributed by atoms with Gasteiger partial charge in [0.15, 0.2) is 0 Å². The maximum Gasteiger partial charge on any atom is 0.119 e. The van der Waals surface area contributed by atoms with E-state index in [1.54, 1.807) is 19.2 Å². The first-order valence-electron chi connectivity index (χ1n) is 6.10. The minimum Gasteiger partial charge on any atom is -0.497 e. The fourth-order valence-electron chi connectivity index (χ4n) is 1.91. The zero-order chi connectivity index (χ0) is 13.7. The van der Waals surface area contributed by atoms with E-state index in [9.17, 15) is 5.26 Å². The van der Waals surface area contributed by atoms with Crippen molar-refractivity contribution in [1.29, 1.82) is 5.26 Å². The van der Waals surface area contributed by atoms with Gasteiger partial charge in [0.2, 0.25) is 0 Å². The topological polar surface area (TPSA) is 42.2 Å². The minimum atomic E-state index is 0.618. The van der Waals surface area contributed by atoms with E-state index in [1.807, 2.05) is 37.3 Å². The summed E-state index contributed by atoms with van der Waals surface area (Å²) in [5.41, 5.74) is 2.42. The first-order valence-corrected chi connectivity index (χ1v) is 6.10. The average molecular weight is 253 g/mol. The van der Waals surface area contributed by atoms with Crippen LogP contribution in [0.15, 0.2) is 42.5 Å². The summed E-state index contributed by atoms with van der Waals surface area (Å²) in [6, 6.07) is 15.3. The lowest BCUT2D eigenvalue weighted by Gasteiger charge is -2.09. The third-order valence-electron chi connectivity index (χ3n) is 2.80. The van der Waals surface area contributed by atoms with Crippen LogP contribution in [0.25, 0.3) is 11.1 Å². The van der Waals surface area contributed by atoms with Gasteiger partial charge in [0.05, 0.1) is 25.3 Å². The third kappa shape index (κ3) is 2.86. The van der Waals surface area contributed by atoms with Gasteiger partial charge in [-0.15, -0.1) is 0 Å². The van der Waals surface area contributed by atoms with Gasteiger partial charge in [0.25, 0.3) is 0 Å². The fraction of sp³-hybridized carbons (Fsp3) is 0.188. The lowest BCUT2D eigenvalue weighted by molar-refractivity contribution is 0.340. The number of nitriles is 1. The molecule has 0 aromatic heterocycles. The summed E-state index contributed by atoms with van der Waals surface area (Å²) in [5.74, 6) is 1.53. The van der Waals surface area contributed by atoms with Crippen LogP contribution >= 0.6 is 0 Å². The van der Waals surface area contributed by atoms with Crippen LogP contribution in [0.2, 0.25) is 0 Å². The molecule has 0 heterocycles. The van der Waals surface area contributed by atoms with E-state index in [2.05, 4.69) is 6.07 Å². The molecule has 0 N–H and O–H groups in total. The lowest BCUT2D eigenvalue weighted by atomic mass is 10.00. The van der Waals surface area contributed by atoms with Gasteiger partial charge in [-0.25, -0.2) is 0 Å². The Morgan fingerprint density at radius 2 is 1.95 bits per heavy atom. The molecule has 3 heteroatoms. The summed E-state index contributed by atoms with van der Waals surface area (Å²) in [5, 5.41) is 9.19. The van der Waals surface area contributed by atoms with Crippen LogP contribution in [0.5, 0.6) is 11.5 Å². The number of methoxy groups -OCH3 is 1. The van der Waals surface area contributed by atoms with Crippen molar-refractivity contribution in [2.45, 2.75) is 6.92 Å². The van der Waals surface area contributed by atoms with Gasteiger partial charge in [-0.1, -0.05) is 12.1 Å². The molecule has 0 aliphatic heterocycles. The molecule has 0 saturated carbocycles. The van der Waals surface area contributed by atoms with E-state index >= 15 is 0 Å². The van der Waals surface area contributed by atoms with Crippen LogP contribution in [-0.2, 0) is 0 Å². The molecule has 0 radical (unpaired) electrons. The minimum absolute atomic E-state index is 0.618. The number of rotatable bonds is 4. The third-order valence-corrected chi connectivity index (χ3v) is 2.80. The van der Waals surface area contributed by atoms with Gasteiger partial charge in [-0.3, -0.25) is 0 Å². The second-order valence-corrected chi connectivity index (χ2v) is 3.98. The summed E-state index contributed by atoms with van der Waals surface area (Å²) in [4.78, 5) is 0. The zero-order valence-electron chi connectivity index (χ0n) is 11.0. The number of hydrogen-bond acceptors (Lipinski definition) is 3. The van der Waals surface area contributed by atoms with E-state index in [1.165, 1.54) is 0 Å². The summed E-state index contributed by atoms with van der Waals surface area (Å²) < 4.78 is 10.7. The van der Waals surface area contributed by atoms with E-state index in [4.69, 9.17) is 9.47 Å². The molecule has 3 nitrogen and oxygen atoms in total. The Morgan fingerprint density at radius 1 is 1.11 bits per heavy atom. The lowest BCUT2D eigenvalue weighted by Crippen LogP contribution is -1.92. The summed E-state index contributed by atoms with van der Waals surface area (Å²) in [6.45, 7) is 2.56. The van der Waals surface area contributed by atoms with Crippen molar-refractivity contribution in [2.24, 2.45) is 0 Å². The molecule has 2 rings (SSSR count). The Kier molecular flexibility index (Phi) is 4.04. The van der Waals surface area contributed by atoms with Crippen LogP contribution in [-0.4, -0.2) is 13.7 Å². The van der Waals surface area contributed by atoms with E-state index in [-0.39, 0.29) is 0 Å². The summed E-state index contributed by atoms with van der Waals surface area (Å²) in [7, 11) is 1.61. The summed E-state index contributed by atoms with van der Waals surface area (Å²) in [6.07, 6.45) is 0. The van der Waals surface area contributed by atoms with Crippen molar-refractivity contribution in [3.63, 3.8) is 0 Å². The monoisotopic (exact) mass is 253 g/mol. The average Bonchev–Trinajstić information content (AvgIpc) is 2.47. The van der Waals surface area contributed by atoms with Crippen molar-refractivity contribution < 1.29 is 9.47 Å². The Balaban J connectivity index is 2.51. The Morgan fingerprint density at radius 3 is 2.63 bits per heavy atom. The van der Waals surface area contributed by atoms with E-state index in [0.717, 1.165) is 22.6 Å². The first-order chi connectivity index (χ1) is 9.28. The van der Waals surface area contributed by atoms with Crippen molar-refractivity contribution in [3.05, 3.63) is 48.0 Å². The van der Waals surface area contributed by atoms with Crippen molar-refractivity contribution >= 4 is 0 Å². The molecule has 0 fully saturated rings. The van der Waals surface area contributed by atoms with Gasteiger partial charge in [-0.2, -0.15) is 5.26 Å². The van der Waals surface area contributed by atoms with Crippen molar-refractivity contribution in [2.75, 3.05) is 13.7 Å². The van der Waals surface area contributed by atoms with Crippen LogP contribution < -0.4 is 9.47 Å². The molecule has 2 aromatic rings. The van der Waals surface area contributed by atoms with E-state index in [0.29, 0.717) is 12.2 Å². The molecular formula is C16H15NO2. The highest BCUT2D eigenvalue weighted by Gasteiger charge is 2.07. The van der Waals surface area contributed by atoms with E-state index < -0.39 is 0 Å². The maximum absolute atomic E-state index is 9.19. The normalized spacial score (nSPS) is 9.74. The van der Waals surface area contributed by atoms with Crippen LogP contribution in [0.1, 0.15) is 12.5 Å². The van der Waals surface area contributed by atoms with Gasteiger partial charge < -0.3 is 9.47 Å². The largest absolute Gasteiger partial charge is 0.497 e. The van der Waals surface area contributed by atoms with Gasteiger partial charge >= 0.3 is 0 Å². The highest BCUT2D eigenvalue weighted by molar-refractivity contribution is 5.73. The van der Waals surface area contributed by atoms with Crippen molar-refractivity contribution in [3.8, 4) is 28.7 Å². The quantitative estimate of drug-likeness (QED) is 0.835. The Hall–Kier alpha value is -2.47. The molecule has 0 unspecified atom stereocenters. The zero-order valence-corrected chi connectivity index (χ0v) is 11.0. The van der Waals surface area contributed by atoms with Crippen LogP contribution in [0.4, 0.5) is 0 Å². The number of benzene rings is 2. The molecule has 19 heavy (non-hydrogen) atoms. The second kappa shape index (κ2) is 5.92. The Bertz CT molecular complexity index is 614. The molecule has 96 valence electrons. The molecule has 0 aliphatic carbocycles. The Labute approximate surface area is 113 Å². The molecule has 0 spiro atoms. The molecule has 0 atom stereocenters. The highest BCUT2D eigenvalue weighted by Crippen LogP contribution is 2.29. The predicted molar refractivity (Wildman–Crippen MR) is 74.3 cm³/mol.